The number of rotatable bonds is 17. The Labute approximate surface area is 186 Å². The lowest BCUT2D eigenvalue weighted by Crippen LogP contribution is -2.42. The number of hydrogen-bond acceptors (Lipinski definition) is 7. The van der Waals surface area contributed by atoms with Crippen molar-refractivity contribution in [2.24, 2.45) is 0 Å². The number of hydrazine groups is 1. The number of esters is 1. The third kappa shape index (κ3) is 11.5. The van der Waals surface area contributed by atoms with Crippen LogP contribution in [0.25, 0.3) is 0 Å². The highest BCUT2D eigenvalue weighted by Gasteiger charge is 2.17. The first-order chi connectivity index (χ1) is 14.8. The van der Waals surface area contributed by atoms with Crippen LogP contribution >= 0.6 is 0 Å². The largest absolute Gasteiger partial charge is 0.463 e. The van der Waals surface area contributed by atoms with Crippen molar-refractivity contribution in [2.45, 2.75) is 70.8 Å². The summed E-state index contributed by atoms with van der Waals surface area (Å²) in [6.07, 6.45) is 7.88. The average molecular weight is 459 g/mol. The number of anilines is 1. The van der Waals surface area contributed by atoms with Gasteiger partial charge in [0.05, 0.1) is 24.7 Å². The van der Waals surface area contributed by atoms with Gasteiger partial charge < -0.3 is 14.9 Å². The quantitative estimate of drug-likeness (QED) is 0.187. The van der Waals surface area contributed by atoms with Gasteiger partial charge in [-0.2, -0.15) is 0 Å². The number of aliphatic hydroxyl groups is 2. The van der Waals surface area contributed by atoms with Crippen molar-refractivity contribution >= 4 is 21.7 Å². The molecule has 1 atom stereocenters. The number of hydrogen-bond donors (Lipinski definition) is 3. The molecule has 0 aliphatic heterocycles. The van der Waals surface area contributed by atoms with E-state index in [1.807, 2.05) is 0 Å². The molecule has 0 saturated carbocycles. The summed E-state index contributed by atoms with van der Waals surface area (Å²) < 4.78 is 30.3. The van der Waals surface area contributed by atoms with Crippen molar-refractivity contribution in [3.63, 3.8) is 0 Å². The molecule has 0 amide bonds. The molecule has 0 bridgehead atoms. The normalized spacial score (nSPS) is 12.5. The number of carbonyl (C=O) groups excluding carboxylic acids is 1. The van der Waals surface area contributed by atoms with Gasteiger partial charge in [-0.3, -0.25) is 4.79 Å². The summed E-state index contributed by atoms with van der Waals surface area (Å²) in [5, 5.41) is 18.9. The van der Waals surface area contributed by atoms with Crippen molar-refractivity contribution in [3.8, 4) is 0 Å². The van der Waals surface area contributed by atoms with Crippen molar-refractivity contribution in [1.82, 2.24) is 5.43 Å². The van der Waals surface area contributed by atoms with Gasteiger partial charge in [-0.05, 0) is 37.0 Å². The topological polar surface area (TPSA) is 116 Å². The molecule has 1 rings (SSSR count). The minimum absolute atomic E-state index is 0.0306. The lowest BCUT2D eigenvalue weighted by molar-refractivity contribution is -0.144. The van der Waals surface area contributed by atoms with Gasteiger partial charge in [-0.1, -0.05) is 51.2 Å². The van der Waals surface area contributed by atoms with Gasteiger partial charge in [0.1, 0.15) is 6.61 Å². The molecule has 8 nitrogen and oxygen atoms in total. The monoisotopic (exact) mass is 458 g/mol. The molecule has 0 heterocycles. The number of benzene rings is 1. The Hall–Kier alpha value is -1.68. The smallest absolute Gasteiger partial charge is 0.305 e. The molecule has 9 heteroatoms. The highest BCUT2D eigenvalue weighted by Crippen LogP contribution is 2.23. The van der Waals surface area contributed by atoms with Gasteiger partial charge in [0.2, 0.25) is 10.0 Å². The van der Waals surface area contributed by atoms with Crippen molar-refractivity contribution in [3.05, 3.63) is 29.8 Å². The van der Waals surface area contributed by atoms with E-state index in [9.17, 15) is 18.3 Å². The summed E-state index contributed by atoms with van der Waals surface area (Å²) >= 11 is 0. The van der Waals surface area contributed by atoms with Gasteiger partial charge in [0, 0.05) is 13.0 Å². The minimum Gasteiger partial charge on any atom is -0.463 e. The van der Waals surface area contributed by atoms with Crippen LogP contribution in [0.15, 0.2) is 24.3 Å². The lowest BCUT2D eigenvalue weighted by Gasteiger charge is -2.23. The fraction of sp³-hybridized carbons (Fsp3) is 0.682. The molecule has 0 spiro atoms. The van der Waals surface area contributed by atoms with E-state index in [1.165, 1.54) is 0 Å². The molecule has 0 aromatic heterocycles. The summed E-state index contributed by atoms with van der Waals surface area (Å²) in [6, 6.07) is 6.93. The molecule has 0 aliphatic carbocycles. The molecular formula is C22H38N2O6S. The molecule has 0 fully saturated rings. The number of nitrogens with one attached hydrogen (secondary N) is 1. The second kappa shape index (κ2) is 15.2. The second-order valence-corrected chi connectivity index (χ2v) is 9.48. The summed E-state index contributed by atoms with van der Waals surface area (Å²) in [5.41, 5.74) is 4.24. The van der Waals surface area contributed by atoms with E-state index >= 15 is 0 Å². The van der Waals surface area contributed by atoms with Crippen LogP contribution < -0.4 is 9.84 Å². The second-order valence-electron chi connectivity index (χ2n) is 7.65. The minimum atomic E-state index is -3.51. The van der Waals surface area contributed by atoms with Crippen LogP contribution in [0.1, 0.15) is 76.4 Å². The Kier molecular flexibility index (Phi) is 13.4. The molecule has 0 aliphatic rings. The number of sulfonamides is 1. The van der Waals surface area contributed by atoms with Crippen LogP contribution in [-0.4, -0.2) is 50.6 Å². The maximum Gasteiger partial charge on any atom is 0.305 e. The number of aliphatic hydroxyl groups excluding tert-OH is 2. The van der Waals surface area contributed by atoms with E-state index in [4.69, 9.17) is 9.84 Å². The Bertz CT molecular complexity index is 724. The van der Waals surface area contributed by atoms with Crippen molar-refractivity contribution in [1.29, 1.82) is 0 Å². The fourth-order valence-electron chi connectivity index (χ4n) is 3.15. The van der Waals surface area contributed by atoms with Crippen LogP contribution in [-0.2, 0) is 19.6 Å². The zero-order valence-corrected chi connectivity index (χ0v) is 19.6. The molecular weight excluding hydrogens is 420 g/mol. The predicted octanol–water partition coefficient (Wildman–Crippen LogP) is 3.06. The molecule has 178 valence electrons. The van der Waals surface area contributed by atoms with E-state index in [1.54, 1.807) is 24.3 Å². The Morgan fingerprint density at radius 1 is 1.10 bits per heavy atom. The first kappa shape index (κ1) is 27.4. The van der Waals surface area contributed by atoms with Crippen LogP contribution in [0.2, 0.25) is 0 Å². The number of nitrogens with zero attached hydrogens (tertiary/aromatic N) is 1. The van der Waals surface area contributed by atoms with Gasteiger partial charge in [0.25, 0.3) is 0 Å². The predicted molar refractivity (Wildman–Crippen MR) is 122 cm³/mol. The van der Waals surface area contributed by atoms with Crippen LogP contribution in [0.4, 0.5) is 5.69 Å². The van der Waals surface area contributed by atoms with Crippen molar-refractivity contribution in [2.75, 3.05) is 30.4 Å². The maximum atomic E-state index is 12.2. The summed E-state index contributed by atoms with van der Waals surface area (Å²) in [6.45, 7) is 2.45. The first-order valence-electron chi connectivity index (χ1n) is 11.1. The van der Waals surface area contributed by atoms with Gasteiger partial charge in [-0.25, -0.2) is 18.3 Å². The van der Waals surface area contributed by atoms with Gasteiger partial charge in [0.15, 0.2) is 0 Å². The maximum absolute atomic E-state index is 12.2. The van der Waals surface area contributed by atoms with E-state index in [-0.39, 0.29) is 19.2 Å². The Morgan fingerprint density at radius 3 is 2.39 bits per heavy atom. The zero-order chi connectivity index (χ0) is 23.1. The molecule has 1 aromatic carbocycles. The summed E-state index contributed by atoms with van der Waals surface area (Å²) in [4.78, 5) is 11.3. The van der Waals surface area contributed by atoms with Gasteiger partial charge >= 0.3 is 5.97 Å². The van der Waals surface area contributed by atoms with Crippen LogP contribution in [0, 0.1) is 0 Å². The van der Waals surface area contributed by atoms with Gasteiger partial charge in [-0.15, -0.1) is 0 Å². The molecule has 0 saturated heterocycles. The molecule has 1 unspecified atom stereocenters. The molecule has 3 N–H and O–H groups in total. The fourth-order valence-corrected chi connectivity index (χ4v) is 3.98. The molecule has 31 heavy (non-hydrogen) atoms. The van der Waals surface area contributed by atoms with E-state index < -0.39 is 16.1 Å². The number of carbonyl (C=O) groups is 1. The van der Waals surface area contributed by atoms with E-state index in [0.717, 1.165) is 54.8 Å². The Balaban J connectivity index is 2.45. The highest BCUT2D eigenvalue weighted by atomic mass is 32.2. The van der Waals surface area contributed by atoms with E-state index in [0.29, 0.717) is 31.5 Å². The van der Waals surface area contributed by atoms with E-state index in [2.05, 4.69) is 12.3 Å². The van der Waals surface area contributed by atoms with Crippen LogP contribution in [0.3, 0.4) is 0 Å². The lowest BCUT2D eigenvalue weighted by atomic mass is 10.0. The SMILES string of the molecule is CCCCCC(O)c1ccc(N(NCCCCCCC(=O)OCCO)S(C)(=O)=O)cc1. The average Bonchev–Trinajstić information content (AvgIpc) is 2.73. The summed E-state index contributed by atoms with van der Waals surface area (Å²) in [7, 11) is -3.51. The first-order valence-corrected chi connectivity index (χ1v) is 12.9. The van der Waals surface area contributed by atoms with Crippen LogP contribution in [0.5, 0.6) is 0 Å². The third-order valence-corrected chi connectivity index (χ3v) is 5.85. The summed E-state index contributed by atoms with van der Waals surface area (Å²) in [5.74, 6) is -0.311. The molecule has 1 aromatic rings. The van der Waals surface area contributed by atoms with Crippen molar-refractivity contribution < 1.29 is 28.2 Å². The third-order valence-electron chi connectivity index (χ3n) is 4.84. The highest BCUT2D eigenvalue weighted by molar-refractivity contribution is 7.92. The Morgan fingerprint density at radius 2 is 1.77 bits per heavy atom. The standard InChI is InChI=1S/C22H38N2O6S/c1-3-4-7-10-21(26)19-12-14-20(15-13-19)24(31(2,28)29)23-16-9-6-5-8-11-22(27)30-18-17-25/h12-15,21,23,25-26H,3-11,16-18H2,1-2H3. The number of unbranched alkanes of at least 4 members (excludes halogenated alkanes) is 5. The number of ether oxygens (including phenoxy) is 1. The zero-order valence-electron chi connectivity index (χ0n) is 18.8. The molecule has 0 radical (unpaired) electrons.